The van der Waals surface area contributed by atoms with Crippen LogP contribution in [0.1, 0.15) is 36.8 Å². The third-order valence-corrected chi connectivity index (χ3v) is 5.03. The number of hydrogen-bond donors (Lipinski definition) is 1. The summed E-state index contributed by atoms with van der Waals surface area (Å²) >= 11 is 5.96. The molecule has 1 aliphatic carbocycles. The minimum atomic E-state index is -0.324. The number of carbonyl (C=O) groups is 1. The fraction of sp³-hybridized carbons (Fsp3) is 0.286. The van der Waals surface area contributed by atoms with E-state index >= 15 is 0 Å². The van der Waals surface area contributed by atoms with Crippen molar-refractivity contribution >= 4 is 17.5 Å². The first kappa shape index (κ1) is 18.6. The van der Waals surface area contributed by atoms with E-state index in [1.165, 1.54) is 12.1 Å². The molecule has 1 saturated carbocycles. The van der Waals surface area contributed by atoms with E-state index < -0.39 is 0 Å². The average Bonchev–Trinajstić information content (AvgIpc) is 3.43. The highest BCUT2D eigenvalue weighted by Crippen LogP contribution is 2.41. The van der Waals surface area contributed by atoms with Crippen molar-refractivity contribution in [1.82, 2.24) is 15.5 Å². The van der Waals surface area contributed by atoms with Crippen LogP contribution in [0, 0.1) is 11.7 Å². The summed E-state index contributed by atoms with van der Waals surface area (Å²) in [5, 5.41) is 7.69. The van der Waals surface area contributed by atoms with Gasteiger partial charge in [0, 0.05) is 23.4 Å². The van der Waals surface area contributed by atoms with Gasteiger partial charge in [-0.3, -0.25) is 4.79 Å². The van der Waals surface area contributed by atoms with Gasteiger partial charge in [-0.15, -0.1) is 0 Å². The van der Waals surface area contributed by atoms with Crippen molar-refractivity contribution in [2.75, 3.05) is 0 Å². The summed E-state index contributed by atoms with van der Waals surface area (Å²) in [5.41, 5.74) is 1.73. The molecule has 1 fully saturated rings. The SMILES string of the molecule is O=C(CCc1nc(-c2ccc(F)cc2)no1)N[C@@H](c1ccc(Cl)cc1)C1CC1. The van der Waals surface area contributed by atoms with Crippen LogP contribution in [0.15, 0.2) is 53.1 Å². The zero-order chi connectivity index (χ0) is 19.5. The molecule has 0 saturated heterocycles. The van der Waals surface area contributed by atoms with E-state index in [1.54, 1.807) is 12.1 Å². The van der Waals surface area contributed by atoms with E-state index in [2.05, 4.69) is 15.5 Å². The first-order valence-corrected chi connectivity index (χ1v) is 9.59. The zero-order valence-corrected chi connectivity index (χ0v) is 15.8. The van der Waals surface area contributed by atoms with Crippen LogP contribution in [0.25, 0.3) is 11.4 Å². The van der Waals surface area contributed by atoms with Crippen molar-refractivity contribution in [2.24, 2.45) is 5.92 Å². The van der Waals surface area contributed by atoms with Crippen LogP contribution < -0.4 is 5.32 Å². The fourth-order valence-electron chi connectivity index (χ4n) is 3.11. The van der Waals surface area contributed by atoms with Gasteiger partial charge in [-0.05, 0) is 60.7 Å². The molecule has 5 nitrogen and oxygen atoms in total. The fourth-order valence-corrected chi connectivity index (χ4v) is 3.24. The molecule has 1 heterocycles. The van der Waals surface area contributed by atoms with E-state index in [9.17, 15) is 9.18 Å². The van der Waals surface area contributed by atoms with Gasteiger partial charge in [0.2, 0.25) is 17.6 Å². The molecule has 4 rings (SSSR count). The number of aromatic nitrogens is 2. The van der Waals surface area contributed by atoms with Crippen LogP contribution in [-0.4, -0.2) is 16.0 Å². The van der Waals surface area contributed by atoms with Crippen molar-refractivity contribution in [3.05, 3.63) is 70.8 Å². The summed E-state index contributed by atoms with van der Waals surface area (Å²) in [6.45, 7) is 0. The number of aryl methyl sites for hydroxylation is 1. The molecule has 1 N–H and O–H groups in total. The molecule has 1 aliphatic rings. The van der Waals surface area contributed by atoms with Gasteiger partial charge >= 0.3 is 0 Å². The van der Waals surface area contributed by atoms with Crippen LogP contribution in [0.2, 0.25) is 5.02 Å². The normalized spacial score (nSPS) is 14.6. The van der Waals surface area contributed by atoms with Crippen LogP contribution in [-0.2, 0) is 11.2 Å². The van der Waals surface area contributed by atoms with Gasteiger partial charge in [-0.25, -0.2) is 4.39 Å². The van der Waals surface area contributed by atoms with Crippen LogP contribution in [0.3, 0.4) is 0 Å². The van der Waals surface area contributed by atoms with Crippen LogP contribution in [0.4, 0.5) is 4.39 Å². The highest BCUT2D eigenvalue weighted by molar-refractivity contribution is 6.30. The Morgan fingerprint density at radius 2 is 1.89 bits per heavy atom. The molecule has 7 heteroatoms. The molecule has 3 aromatic rings. The number of nitrogens with zero attached hydrogens (tertiary/aromatic N) is 2. The minimum absolute atomic E-state index is 0.00206. The highest BCUT2D eigenvalue weighted by atomic mass is 35.5. The number of nitrogens with one attached hydrogen (secondary N) is 1. The summed E-state index contributed by atoms with van der Waals surface area (Å²) in [6.07, 6.45) is 2.82. The van der Waals surface area contributed by atoms with E-state index in [1.807, 2.05) is 24.3 Å². The van der Waals surface area contributed by atoms with Crippen LogP contribution >= 0.6 is 11.6 Å². The lowest BCUT2D eigenvalue weighted by Crippen LogP contribution is -2.30. The molecule has 1 amide bonds. The second-order valence-electron chi connectivity index (χ2n) is 6.95. The van der Waals surface area contributed by atoms with Gasteiger partial charge in [-0.2, -0.15) is 4.98 Å². The van der Waals surface area contributed by atoms with Gasteiger partial charge in [0.15, 0.2) is 0 Å². The Hall–Kier alpha value is -2.73. The van der Waals surface area contributed by atoms with Gasteiger partial charge in [0.1, 0.15) is 5.82 Å². The Labute approximate surface area is 166 Å². The van der Waals surface area contributed by atoms with E-state index in [4.69, 9.17) is 16.1 Å². The summed E-state index contributed by atoms with van der Waals surface area (Å²) in [7, 11) is 0. The smallest absolute Gasteiger partial charge is 0.227 e. The molecule has 0 unspecified atom stereocenters. The number of benzene rings is 2. The van der Waals surface area contributed by atoms with Gasteiger partial charge < -0.3 is 9.84 Å². The molecular weight excluding hydrogens is 381 g/mol. The molecule has 144 valence electrons. The molecule has 1 aromatic heterocycles. The van der Waals surface area contributed by atoms with Gasteiger partial charge in [0.25, 0.3) is 0 Å². The number of halogens is 2. The third-order valence-electron chi connectivity index (χ3n) is 4.78. The van der Waals surface area contributed by atoms with Crippen LogP contribution in [0.5, 0.6) is 0 Å². The molecule has 0 spiro atoms. The topological polar surface area (TPSA) is 68.0 Å². The van der Waals surface area contributed by atoms with Crippen molar-refractivity contribution in [3.8, 4) is 11.4 Å². The predicted octanol–water partition coefficient (Wildman–Crippen LogP) is 4.73. The lowest BCUT2D eigenvalue weighted by atomic mass is 10.0. The first-order valence-electron chi connectivity index (χ1n) is 9.22. The van der Waals surface area contributed by atoms with E-state index in [-0.39, 0.29) is 24.2 Å². The lowest BCUT2D eigenvalue weighted by molar-refractivity contribution is -0.122. The maximum absolute atomic E-state index is 13.0. The monoisotopic (exact) mass is 399 g/mol. The number of amides is 1. The number of rotatable bonds is 7. The van der Waals surface area contributed by atoms with E-state index in [0.29, 0.717) is 34.6 Å². The lowest BCUT2D eigenvalue weighted by Gasteiger charge is -2.18. The maximum Gasteiger partial charge on any atom is 0.227 e. The number of hydrogen-bond acceptors (Lipinski definition) is 4. The largest absolute Gasteiger partial charge is 0.349 e. The van der Waals surface area contributed by atoms with Crippen molar-refractivity contribution in [2.45, 2.75) is 31.7 Å². The maximum atomic E-state index is 13.0. The summed E-state index contributed by atoms with van der Waals surface area (Å²) < 4.78 is 18.2. The Kier molecular flexibility index (Phi) is 5.39. The Morgan fingerprint density at radius 3 is 2.57 bits per heavy atom. The molecular formula is C21H19ClFN3O2. The van der Waals surface area contributed by atoms with Gasteiger partial charge in [0.05, 0.1) is 6.04 Å². The average molecular weight is 400 g/mol. The minimum Gasteiger partial charge on any atom is -0.349 e. The standard InChI is InChI=1S/C21H19ClFN3O2/c22-16-7-3-14(4-8-16)20(13-1-2-13)24-18(27)11-12-19-25-21(26-28-19)15-5-9-17(23)10-6-15/h3-10,13,20H,1-2,11-12H2,(H,24,27)/t20-/m1/s1. The zero-order valence-electron chi connectivity index (χ0n) is 15.1. The summed E-state index contributed by atoms with van der Waals surface area (Å²) in [4.78, 5) is 16.7. The Balaban J connectivity index is 1.35. The number of carbonyl (C=O) groups excluding carboxylic acids is 1. The molecule has 2 aromatic carbocycles. The molecule has 0 bridgehead atoms. The summed E-state index contributed by atoms with van der Waals surface area (Å²) in [6, 6.07) is 13.5. The Bertz CT molecular complexity index is 953. The second-order valence-corrected chi connectivity index (χ2v) is 7.39. The Morgan fingerprint density at radius 1 is 1.18 bits per heavy atom. The molecule has 1 atom stereocenters. The van der Waals surface area contributed by atoms with Crippen molar-refractivity contribution < 1.29 is 13.7 Å². The van der Waals surface area contributed by atoms with Gasteiger partial charge in [-0.1, -0.05) is 28.9 Å². The molecule has 0 radical (unpaired) electrons. The van der Waals surface area contributed by atoms with Crippen molar-refractivity contribution in [3.63, 3.8) is 0 Å². The molecule has 28 heavy (non-hydrogen) atoms. The van der Waals surface area contributed by atoms with Crippen molar-refractivity contribution in [1.29, 1.82) is 0 Å². The third kappa shape index (κ3) is 4.57. The molecule has 0 aliphatic heterocycles. The first-order chi connectivity index (χ1) is 13.6. The summed E-state index contributed by atoms with van der Waals surface area (Å²) in [5.74, 6) is 0.846. The highest BCUT2D eigenvalue weighted by Gasteiger charge is 2.33. The quantitative estimate of drug-likeness (QED) is 0.623. The predicted molar refractivity (Wildman–Crippen MR) is 103 cm³/mol. The van der Waals surface area contributed by atoms with E-state index in [0.717, 1.165) is 18.4 Å². The second kappa shape index (κ2) is 8.10.